The van der Waals surface area contributed by atoms with Gasteiger partial charge >= 0.3 is 0 Å². The van der Waals surface area contributed by atoms with Crippen molar-refractivity contribution in [2.45, 2.75) is 0 Å². The van der Waals surface area contributed by atoms with Crippen LogP contribution in [0.1, 0.15) is 5.56 Å². The average Bonchev–Trinajstić information content (AvgIpc) is 2.48. The molecule has 0 bridgehead atoms. The number of hydrogen-bond acceptors (Lipinski definition) is 4. The lowest BCUT2D eigenvalue weighted by atomic mass is 10.2. The summed E-state index contributed by atoms with van der Waals surface area (Å²) in [5.74, 6) is 1.07. The van der Waals surface area contributed by atoms with Crippen LogP contribution >= 0.6 is 0 Å². The first-order chi connectivity index (χ1) is 9.36. The summed E-state index contributed by atoms with van der Waals surface area (Å²) in [5, 5.41) is 9.77. The first kappa shape index (κ1) is 11.2. The summed E-state index contributed by atoms with van der Waals surface area (Å²) >= 11 is 0. The van der Waals surface area contributed by atoms with Crippen molar-refractivity contribution < 1.29 is 4.74 Å². The van der Waals surface area contributed by atoms with E-state index < -0.39 is 0 Å². The third-order valence-electron chi connectivity index (χ3n) is 2.68. The minimum Gasteiger partial charge on any atom is -0.438 e. The van der Waals surface area contributed by atoms with Gasteiger partial charge in [0.2, 0.25) is 5.88 Å². The van der Waals surface area contributed by atoms with Crippen molar-refractivity contribution in [3.63, 3.8) is 0 Å². The molecule has 0 atom stereocenters. The summed E-state index contributed by atoms with van der Waals surface area (Å²) in [6.07, 6.45) is 3.29. The minimum absolute atomic E-state index is 0.399. The van der Waals surface area contributed by atoms with Gasteiger partial charge in [-0.3, -0.25) is 4.98 Å². The van der Waals surface area contributed by atoms with Crippen LogP contribution in [0.4, 0.5) is 0 Å². The molecule has 1 aromatic carbocycles. The SMILES string of the molecule is N#Cc1ccnc(Oc2cccc3ncccc23)c1. The maximum absolute atomic E-state index is 8.86. The van der Waals surface area contributed by atoms with Crippen molar-refractivity contribution in [1.82, 2.24) is 9.97 Å². The molecular formula is C15H9N3O. The highest BCUT2D eigenvalue weighted by Gasteiger charge is 2.05. The molecule has 90 valence electrons. The molecule has 0 spiro atoms. The van der Waals surface area contributed by atoms with Crippen molar-refractivity contribution >= 4 is 10.9 Å². The van der Waals surface area contributed by atoms with Gasteiger partial charge in [0.1, 0.15) is 5.75 Å². The van der Waals surface area contributed by atoms with Gasteiger partial charge in [-0.1, -0.05) is 6.07 Å². The monoisotopic (exact) mass is 247 g/mol. The van der Waals surface area contributed by atoms with Gasteiger partial charge in [-0.15, -0.1) is 0 Å². The summed E-state index contributed by atoms with van der Waals surface area (Å²) in [4.78, 5) is 8.36. The topological polar surface area (TPSA) is 58.8 Å². The van der Waals surface area contributed by atoms with Crippen LogP contribution < -0.4 is 4.74 Å². The Morgan fingerprint density at radius 1 is 1.00 bits per heavy atom. The summed E-state index contributed by atoms with van der Waals surface area (Å²) in [5.41, 5.74) is 1.37. The van der Waals surface area contributed by atoms with E-state index in [-0.39, 0.29) is 0 Å². The van der Waals surface area contributed by atoms with E-state index in [1.165, 1.54) is 0 Å². The molecule has 3 aromatic rings. The first-order valence-corrected chi connectivity index (χ1v) is 5.74. The molecule has 0 radical (unpaired) electrons. The Balaban J connectivity index is 2.04. The fourth-order valence-electron chi connectivity index (χ4n) is 1.81. The number of aromatic nitrogens is 2. The van der Waals surface area contributed by atoms with Crippen LogP contribution in [-0.2, 0) is 0 Å². The Labute approximate surface area is 109 Å². The van der Waals surface area contributed by atoms with Crippen LogP contribution in [0.25, 0.3) is 10.9 Å². The zero-order valence-corrected chi connectivity index (χ0v) is 9.95. The van der Waals surface area contributed by atoms with E-state index in [0.29, 0.717) is 17.2 Å². The quantitative estimate of drug-likeness (QED) is 0.697. The molecule has 0 aliphatic carbocycles. The van der Waals surface area contributed by atoms with Gasteiger partial charge in [0.05, 0.1) is 17.1 Å². The molecule has 2 heterocycles. The summed E-state index contributed by atoms with van der Waals surface area (Å²) in [6, 6.07) is 14.7. The van der Waals surface area contributed by atoms with E-state index in [2.05, 4.69) is 16.0 Å². The lowest BCUT2D eigenvalue weighted by Crippen LogP contribution is -1.90. The van der Waals surface area contributed by atoms with Gasteiger partial charge in [0, 0.05) is 23.8 Å². The molecule has 0 saturated carbocycles. The van der Waals surface area contributed by atoms with Crippen molar-refractivity contribution in [2.75, 3.05) is 0 Å². The van der Waals surface area contributed by atoms with Gasteiger partial charge in [0.25, 0.3) is 0 Å². The van der Waals surface area contributed by atoms with E-state index in [1.807, 2.05) is 30.3 Å². The molecule has 2 aromatic heterocycles. The summed E-state index contributed by atoms with van der Waals surface area (Å²) in [7, 11) is 0. The number of fused-ring (bicyclic) bond motifs is 1. The second-order valence-electron chi connectivity index (χ2n) is 3.92. The van der Waals surface area contributed by atoms with Crippen LogP contribution in [0.2, 0.25) is 0 Å². The van der Waals surface area contributed by atoms with Crippen molar-refractivity contribution in [1.29, 1.82) is 5.26 Å². The van der Waals surface area contributed by atoms with Crippen molar-refractivity contribution in [2.24, 2.45) is 0 Å². The Kier molecular flexibility index (Phi) is 2.79. The molecule has 0 saturated heterocycles. The third-order valence-corrected chi connectivity index (χ3v) is 2.68. The molecule has 0 fully saturated rings. The number of rotatable bonds is 2. The van der Waals surface area contributed by atoms with Gasteiger partial charge in [-0.25, -0.2) is 4.98 Å². The first-order valence-electron chi connectivity index (χ1n) is 5.74. The molecule has 4 nitrogen and oxygen atoms in total. The van der Waals surface area contributed by atoms with Crippen molar-refractivity contribution in [3.05, 3.63) is 60.4 Å². The van der Waals surface area contributed by atoms with Crippen LogP contribution in [0.5, 0.6) is 11.6 Å². The van der Waals surface area contributed by atoms with E-state index in [4.69, 9.17) is 10.00 Å². The zero-order valence-electron chi connectivity index (χ0n) is 9.95. The van der Waals surface area contributed by atoms with Gasteiger partial charge in [-0.05, 0) is 30.3 Å². The molecule has 0 N–H and O–H groups in total. The Bertz CT molecular complexity index is 772. The van der Waals surface area contributed by atoms with Crippen LogP contribution in [0, 0.1) is 11.3 Å². The Hall–Kier alpha value is -2.93. The zero-order chi connectivity index (χ0) is 13.1. The number of pyridine rings is 2. The molecule has 19 heavy (non-hydrogen) atoms. The van der Waals surface area contributed by atoms with E-state index >= 15 is 0 Å². The minimum atomic E-state index is 0.399. The van der Waals surface area contributed by atoms with Crippen LogP contribution in [-0.4, -0.2) is 9.97 Å². The van der Waals surface area contributed by atoms with Crippen LogP contribution in [0.15, 0.2) is 54.9 Å². The van der Waals surface area contributed by atoms with E-state index in [9.17, 15) is 0 Å². The molecular weight excluding hydrogens is 238 g/mol. The predicted molar refractivity (Wildman–Crippen MR) is 70.8 cm³/mol. The molecule has 3 rings (SSSR count). The molecule has 4 heteroatoms. The summed E-state index contributed by atoms with van der Waals surface area (Å²) < 4.78 is 5.73. The number of nitrogens with zero attached hydrogens (tertiary/aromatic N) is 3. The fraction of sp³-hybridized carbons (Fsp3) is 0. The van der Waals surface area contributed by atoms with Gasteiger partial charge in [0.15, 0.2) is 0 Å². The summed E-state index contributed by atoms with van der Waals surface area (Å²) in [6.45, 7) is 0. The van der Waals surface area contributed by atoms with Crippen molar-refractivity contribution in [3.8, 4) is 17.7 Å². The molecule has 0 amide bonds. The number of ether oxygens (including phenoxy) is 1. The second-order valence-corrected chi connectivity index (χ2v) is 3.92. The smallest absolute Gasteiger partial charge is 0.220 e. The Morgan fingerprint density at radius 2 is 1.95 bits per heavy atom. The van der Waals surface area contributed by atoms with E-state index in [1.54, 1.807) is 24.5 Å². The van der Waals surface area contributed by atoms with Crippen LogP contribution in [0.3, 0.4) is 0 Å². The highest BCUT2D eigenvalue weighted by molar-refractivity contribution is 5.85. The number of hydrogen-bond donors (Lipinski definition) is 0. The highest BCUT2D eigenvalue weighted by atomic mass is 16.5. The second kappa shape index (κ2) is 4.75. The van der Waals surface area contributed by atoms with Gasteiger partial charge in [-0.2, -0.15) is 5.26 Å². The standard InChI is InChI=1S/C15H9N3O/c16-10-11-6-8-18-15(9-11)19-14-5-1-4-13-12(14)3-2-7-17-13/h1-9H. The predicted octanol–water partition coefficient (Wildman–Crippen LogP) is 3.29. The molecule has 0 aliphatic rings. The maximum Gasteiger partial charge on any atom is 0.220 e. The highest BCUT2D eigenvalue weighted by Crippen LogP contribution is 2.27. The Morgan fingerprint density at radius 3 is 2.84 bits per heavy atom. The molecule has 0 unspecified atom stereocenters. The van der Waals surface area contributed by atoms with Gasteiger partial charge < -0.3 is 4.74 Å². The third kappa shape index (κ3) is 2.22. The normalized spacial score (nSPS) is 10.1. The molecule has 0 aliphatic heterocycles. The largest absolute Gasteiger partial charge is 0.438 e. The number of benzene rings is 1. The lowest BCUT2D eigenvalue weighted by molar-refractivity contribution is 0.468. The maximum atomic E-state index is 8.86. The van der Waals surface area contributed by atoms with E-state index in [0.717, 1.165) is 10.9 Å². The lowest BCUT2D eigenvalue weighted by Gasteiger charge is -2.07. The fourth-order valence-corrected chi connectivity index (χ4v) is 1.81. The number of nitriles is 1. The average molecular weight is 247 g/mol.